The van der Waals surface area contributed by atoms with Crippen LogP contribution in [0.5, 0.6) is 0 Å². The molecule has 0 radical (unpaired) electrons. The molecule has 1 atom stereocenters. The number of likely N-dealkylation sites (N-methyl/N-ethyl adjacent to an activating group) is 1. The molecule has 0 fully saturated rings. The van der Waals surface area contributed by atoms with Gasteiger partial charge in [-0.15, -0.1) is 0 Å². The smallest absolute Gasteiger partial charge is 0.129 e. The summed E-state index contributed by atoms with van der Waals surface area (Å²) >= 11 is 3.30. The maximum absolute atomic E-state index is 9.17. The average molecular weight is 245 g/mol. The summed E-state index contributed by atoms with van der Waals surface area (Å²) in [6.45, 7) is 2.35. The van der Waals surface area contributed by atoms with Crippen molar-refractivity contribution in [2.24, 2.45) is 0 Å². The molecular weight excluding hydrogens is 232 g/mol. The van der Waals surface area contributed by atoms with E-state index in [4.69, 9.17) is 0 Å². The summed E-state index contributed by atoms with van der Waals surface area (Å²) in [7, 11) is 1.90. The lowest BCUT2D eigenvalue weighted by Gasteiger charge is -2.19. The number of aliphatic hydroxyl groups is 1. The summed E-state index contributed by atoms with van der Waals surface area (Å²) in [5.41, 5.74) is 0. The molecule has 1 aromatic rings. The Bertz CT molecular complexity index is 278. The minimum absolute atomic E-state index is 0.342. The highest BCUT2D eigenvalue weighted by molar-refractivity contribution is 9.10. The first-order valence-electron chi connectivity index (χ1n) is 4.11. The van der Waals surface area contributed by atoms with Gasteiger partial charge in [0.2, 0.25) is 0 Å². The van der Waals surface area contributed by atoms with E-state index in [1.54, 1.807) is 6.92 Å². The van der Waals surface area contributed by atoms with Crippen molar-refractivity contribution in [3.05, 3.63) is 22.8 Å². The van der Waals surface area contributed by atoms with Crippen LogP contribution >= 0.6 is 15.9 Å². The van der Waals surface area contributed by atoms with Gasteiger partial charge in [0.05, 0.1) is 6.10 Å². The summed E-state index contributed by atoms with van der Waals surface area (Å²) in [5, 5.41) is 9.17. The minimum Gasteiger partial charge on any atom is -0.392 e. The number of anilines is 1. The second-order valence-electron chi connectivity index (χ2n) is 3.05. The highest BCUT2D eigenvalue weighted by Crippen LogP contribution is 2.13. The van der Waals surface area contributed by atoms with Crippen molar-refractivity contribution in [1.82, 2.24) is 4.98 Å². The number of nitrogens with zero attached hydrogens (tertiary/aromatic N) is 2. The quantitative estimate of drug-likeness (QED) is 0.823. The van der Waals surface area contributed by atoms with Gasteiger partial charge in [0, 0.05) is 13.6 Å². The second kappa shape index (κ2) is 4.58. The van der Waals surface area contributed by atoms with Crippen LogP contribution in [0.15, 0.2) is 22.8 Å². The molecule has 1 aromatic heterocycles. The normalized spacial score (nSPS) is 12.6. The first-order valence-corrected chi connectivity index (χ1v) is 4.90. The van der Waals surface area contributed by atoms with E-state index in [0.717, 1.165) is 10.4 Å². The Morgan fingerprint density at radius 2 is 2.31 bits per heavy atom. The molecule has 0 aromatic carbocycles. The summed E-state index contributed by atoms with van der Waals surface area (Å²) in [6, 6.07) is 5.71. The third kappa shape index (κ3) is 3.32. The fourth-order valence-corrected chi connectivity index (χ4v) is 1.43. The predicted octanol–water partition coefficient (Wildman–Crippen LogP) is 1.66. The molecule has 0 spiro atoms. The van der Waals surface area contributed by atoms with Crippen molar-refractivity contribution in [2.75, 3.05) is 18.5 Å². The Labute approximate surface area is 86.5 Å². The summed E-state index contributed by atoms with van der Waals surface area (Å²) < 4.78 is 0.808. The van der Waals surface area contributed by atoms with Crippen LogP contribution in [-0.2, 0) is 0 Å². The molecule has 4 heteroatoms. The maximum atomic E-state index is 9.17. The van der Waals surface area contributed by atoms with Crippen LogP contribution in [0.1, 0.15) is 6.92 Å². The SMILES string of the molecule is CC(O)CN(C)c1cccc(Br)n1. The predicted molar refractivity (Wildman–Crippen MR) is 56.9 cm³/mol. The Morgan fingerprint density at radius 3 is 2.85 bits per heavy atom. The summed E-state index contributed by atoms with van der Waals surface area (Å²) in [5.74, 6) is 0.857. The lowest BCUT2D eigenvalue weighted by atomic mass is 10.3. The van der Waals surface area contributed by atoms with Gasteiger partial charge in [-0.1, -0.05) is 6.07 Å². The van der Waals surface area contributed by atoms with Gasteiger partial charge in [0.25, 0.3) is 0 Å². The zero-order chi connectivity index (χ0) is 9.84. The number of hydrogen-bond donors (Lipinski definition) is 1. The monoisotopic (exact) mass is 244 g/mol. The number of hydrogen-bond acceptors (Lipinski definition) is 3. The standard InChI is InChI=1S/C9H13BrN2O/c1-7(13)6-12(2)9-5-3-4-8(10)11-9/h3-5,7,13H,6H2,1-2H3. The lowest BCUT2D eigenvalue weighted by molar-refractivity contribution is 0.201. The highest BCUT2D eigenvalue weighted by Gasteiger charge is 2.05. The zero-order valence-electron chi connectivity index (χ0n) is 7.74. The molecule has 1 N–H and O–H groups in total. The van der Waals surface area contributed by atoms with Crippen molar-refractivity contribution in [2.45, 2.75) is 13.0 Å². The molecule has 13 heavy (non-hydrogen) atoms. The summed E-state index contributed by atoms with van der Waals surface area (Å²) in [4.78, 5) is 6.17. The van der Waals surface area contributed by atoms with Gasteiger partial charge in [0.1, 0.15) is 10.4 Å². The van der Waals surface area contributed by atoms with Crippen LogP contribution in [0.3, 0.4) is 0 Å². The van der Waals surface area contributed by atoms with Gasteiger partial charge >= 0.3 is 0 Å². The molecule has 1 heterocycles. The van der Waals surface area contributed by atoms with Gasteiger partial charge in [0.15, 0.2) is 0 Å². The van der Waals surface area contributed by atoms with Crippen LogP contribution in [0.2, 0.25) is 0 Å². The van der Waals surface area contributed by atoms with Crippen LogP contribution in [-0.4, -0.2) is 29.8 Å². The summed E-state index contributed by atoms with van der Waals surface area (Å²) in [6.07, 6.45) is -0.342. The van der Waals surface area contributed by atoms with Gasteiger partial charge in [-0.3, -0.25) is 0 Å². The second-order valence-corrected chi connectivity index (χ2v) is 3.86. The highest BCUT2D eigenvalue weighted by atomic mass is 79.9. The van der Waals surface area contributed by atoms with Crippen molar-refractivity contribution in [3.8, 4) is 0 Å². The van der Waals surface area contributed by atoms with Gasteiger partial charge in [-0.25, -0.2) is 4.98 Å². The third-order valence-electron chi connectivity index (χ3n) is 1.63. The van der Waals surface area contributed by atoms with Gasteiger partial charge in [-0.2, -0.15) is 0 Å². The van der Waals surface area contributed by atoms with E-state index >= 15 is 0 Å². The van der Waals surface area contributed by atoms with Crippen LogP contribution in [0.4, 0.5) is 5.82 Å². The zero-order valence-corrected chi connectivity index (χ0v) is 9.32. The Hall–Kier alpha value is -0.610. The molecular formula is C9H13BrN2O. The van der Waals surface area contributed by atoms with E-state index in [0.29, 0.717) is 6.54 Å². The molecule has 3 nitrogen and oxygen atoms in total. The maximum Gasteiger partial charge on any atom is 0.129 e. The first kappa shape index (κ1) is 10.5. The molecule has 1 unspecified atom stereocenters. The Kier molecular flexibility index (Phi) is 3.69. The Balaban J connectivity index is 2.71. The third-order valence-corrected chi connectivity index (χ3v) is 2.07. The van der Waals surface area contributed by atoms with E-state index in [-0.39, 0.29) is 6.10 Å². The molecule has 0 saturated heterocycles. The van der Waals surface area contributed by atoms with Crippen molar-refractivity contribution >= 4 is 21.7 Å². The molecule has 0 aliphatic heterocycles. The van der Waals surface area contributed by atoms with Crippen LogP contribution in [0, 0.1) is 0 Å². The fraction of sp³-hybridized carbons (Fsp3) is 0.444. The first-order chi connectivity index (χ1) is 6.09. The van der Waals surface area contributed by atoms with Crippen molar-refractivity contribution in [3.63, 3.8) is 0 Å². The largest absolute Gasteiger partial charge is 0.392 e. The molecule has 0 bridgehead atoms. The van der Waals surface area contributed by atoms with Crippen molar-refractivity contribution in [1.29, 1.82) is 0 Å². The molecule has 0 amide bonds. The van der Waals surface area contributed by atoms with Crippen LogP contribution in [0.25, 0.3) is 0 Å². The molecule has 0 aliphatic carbocycles. The molecule has 1 rings (SSSR count). The van der Waals surface area contributed by atoms with E-state index in [1.165, 1.54) is 0 Å². The molecule has 72 valence electrons. The van der Waals surface area contributed by atoms with E-state index in [9.17, 15) is 5.11 Å². The fourth-order valence-electron chi connectivity index (χ4n) is 1.10. The van der Waals surface area contributed by atoms with E-state index in [2.05, 4.69) is 20.9 Å². The topological polar surface area (TPSA) is 36.4 Å². The molecule has 0 saturated carbocycles. The average Bonchev–Trinajstić information content (AvgIpc) is 2.03. The number of pyridine rings is 1. The number of halogens is 1. The van der Waals surface area contributed by atoms with Gasteiger partial charge < -0.3 is 10.0 Å². The van der Waals surface area contributed by atoms with Crippen molar-refractivity contribution < 1.29 is 5.11 Å². The number of rotatable bonds is 3. The Morgan fingerprint density at radius 1 is 1.62 bits per heavy atom. The number of aromatic nitrogens is 1. The van der Waals surface area contributed by atoms with Gasteiger partial charge in [-0.05, 0) is 35.0 Å². The van der Waals surface area contributed by atoms with E-state index < -0.39 is 0 Å². The van der Waals surface area contributed by atoms with Crippen LogP contribution < -0.4 is 4.90 Å². The minimum atomic E-state index is -0.342. The van der Waals surface area contributed by atoms with E-state index in [1.807, 2.05) is 30.1 Å². The lowest BCUT2D eigenvalue weighted by Crippen LogP contribution is -2.27. The molecule has 0 aliphatic rings. The number of aliphatic hydroxyl groups excluding tert-OH is 1.